The summed E-state index contributed by atoms with van der Waals surface area (Å²) in [6, 6.07) is 3.59. The second-order valence-electron chi connectivity index (χ2n) is 4.84. The summed E-state index contributed by atoms with van der Waals surface area (Å²) in [5.74, 6) is 1.22. The van der Waals surface area contributed by atoms with Crippen LogP contribution in [0.2, 0.25) is 0 Å². The van der Waals surface area contributed by atoms with Crippen LogP contribution in [-0.4, -0.2) is 42.7 Å². The first-order valence-corrected chi connectivity index (χ1v) is 8.36. The van der Waals surface area contributed by atoms with Crippen molar-refractivity contribution < 1.29 is 17.9 Å². The summed E-state index contributed by atoms with van der Waals surface area (Å²) in [6.07, 6.45) is -0.727. The van der Waals surface area contributed by atoms with Gasteiger partial charge in [-0.15, -0.1) is 35.3 Å². The second-order valence-corrected chi connectivity index (χ2v) is 5.78. The minimum absolute atomic E-state index is 0. The van der Waals surface area contributed by atoms with Crippen LogP contribution in [0.25, 0.3) is 0 Å². The Morgan fingerprint density at radius 1 is 1.31 bits per heavy atom. The minimum Gasteiger partial charge on any atom is -0.490 e. The molecule has 2 aromatic heterocycles. The first-order chi connectivity index (χ1) is 12.0. The highest BCUT2D eigenvalue weighted by atomic mass is 127. The van der Waals surface area contributed by atoms with Gasteiger partial charge in [0.1, 0.15) is 12.4 Å². The molecule has 2 rings (SSSR count). The van der Waals surface area contributed by atoms with Gasteiger partial charge in [-0.05, 0) is 12.1 Å². The van der Waals surface area contributed by atoms with Crippen molar-refractivity contribution in [1.82, 2.24) is 20.6 Å². The summed E-state index contributed by atoms with van der Waals surface area (Å²) in [5.41, 5.74) is -0.845. The number of pyridine rings is 1. The molecule has 11 heteroatoms. The SMILES string of the molecule is CN=C(NCCOc1cccnc1)NCCc1nc(C(F)(F)F)cs1.I. The van der Waals surface area contributed by atoms with Crippen LogP contribution in [0.15, 0.2) is 34.9 Å². The quantitative estimate of drug-likeness (QED) is 0.264. The highest BCUT2D eigenvalue weighted by Gasteiger charge is 2.33. The lowest BCUT2D eigenvalue weighted by Crippen LogP contribution is -2.40. The van der Waals surface area contributed by atoms with Crippen molar-refractivity contribution in [3.63, 3.8) is 0 Å². The summed E-state index contributed by atoms with van der Waals surface area (Å²) in [6.45, 7) is 1.37. The number of hydrogen-bond donors (Lipinski definition) is 2. The molecule has 2 N–H and O–H groups in total. The molecule has 0 bridgehead atoms. The average molecular weight is 501 g/mol. The smallest absolute Gasteiger partial charge is 0.434 e. The van der Waals surface area contributed by atoms with E-state index in [1.165, 1.54) is 0 Å². The molecule has 144 valence electrons. The first kappa shape index (κ1) is 22.4. The van der Waals surface area contributed by atoms with Crippen molar-refractivity contribution in [3.8, 4) is 5.75 Å². The van der Waals surface area contributed by atoms with E-state index < -0.39 is 11.9 Å². The molecule has 0 atom stereocenters. The van der Waals surface area contributed by atoms with E-state index in [9.17, 15) is 13.2 Å². The van der Waals surface area contributed by atoms with Crippen molar-refractivity contribution in [2.75, 3.05) is 26.7 Å². The fourth-order valence-corrected chi connectivity index (χ4v) is 2.64. The molecule has 0 aromatic carbocycles. The third-order valence-corrected chi connectivity index (χ3v) is 3.90. The van der Waals surface area contributed by atoms with Gasteiger partial charge in [-0.1, -0.05) is 0 Å². The van der Waals surface area contributed by atoms with Gasteiger partial charge in [0.25, 0.3) is 0 Å². The molecular formula is C15H19F3IN5OS. The topological polar surface area (TPSA) is 71.4 Å². The largest absolute Gasteiger partial charge is 0.490 e. The molecule has 0 saturated heterocycles. The second kappa shape index (κ2) is 11.2. The third kappa shape index (κ3) is 7.72. The van der Waals surface area contributed by atoms with E-state index in [0.29, 0.717) is 42.8 Å². The van der Waals surface area contributed by atoms with Crippen molar-refractivity contribution in [1.29, 1.82) is 0 Å². The van der Waals surface area contributed by atoms with E-state index in [0.717, 1.165) is 16.7 Å². The Kier molecular flexibility index (Phi) is 9.62. The summed E-state index contributed by atoms with van der Waals surface area (Å²) < 4.78 is 42.9. The maximum absolute atomic E-state index is 12.5. The molecule has 0 aliphatic heterocycles. The molecular weight excluding hydrogens is 482 g/mol. The van der Waals surface area contributed by atoms with Crippen LogP contribution in [0.1, 0.15) is 10.7 Å². The standard InChI is InChI=1S/C15H18F3N5OS.HI/c1-19-14(22-7-8-24-11-3-2-5-20-9-11)21-6-4-13-23-12(10-25-13)15(16,17)18;/h2-3,5,9-10H,4,6-8H2,1H3,(H2,19,21,22);1H. The number of rotatable bonds is 7. The first-order valence-electron chi connectivity index (χ1n) is 7.48. The Hall–Kier alpha value is -1.63. The maximum atomic E-state index is 12.5. The predicted molar refractivity (Wildman–Crippen MR) is 105 cm³/mol. The minimum atomic E-state index is -4.39. The summed E-state index contributed by atoms with van der Waals surface area (Å²) in [4.78, 5) is 11.6. The number of aliphatic imine (C=N–C) groups is 1. The zero-order valence-electron chi connectivity index (χ0n) is 13.9. The molecule has 26 heavy (non-hydrogen) atoms. The predicted octanol–water partition coefficient (Wildman–Crippen LogP) is 2.96. The number of thiazole rings is 1. The number of nitrogens with zero attached hydrogens (tertiary/aromatic N) is 3. The average Bonchev–Trinajstić information content (AvgIpc) is 3.07. The molecule has 2 heterocycles. The Bertz CT molecular complexity index is 681. The highest BCUT2D eigenvalue weighted by molar-refractivity contribution is 14.0. The molecule has 0 amide bonds. The zero-order chi connectivity index (χ0) is 18.1. The van der Waals surface area contributed by atoms with Crippen LogP contribution < -0.4 is 15.4 Å². The van der Waals surface area contributed by atoms with E-state index in [1.54, 1.807) is 25.5 Å². The van der Waals surface area contributed by atoms with E-state index in [2.05, 4.69) is 25.6 Å². The lowest BCUT2D eigenvalue weighted by molar-refractivity contribution is -0.140. The van der Waals surface area contributed by atoms with Gasteiger partial charge < -0.3 is 15.4 Å². The van der Waals surface area contributed by atoms with Crippen molar-refractivity contribution in [3.05, 3.63) is 40.6 Å². The van der Waals surface area contributed by atoms with E-state index in [1.807, 2.05) is 6.07 Å². The fourth-order valence-electron chi connectivity index (χ4n) is 1.84. The fraction of sp³-hybridized carbons (Fsp3) is 0.400. The van der Waals surface area contributed by atoms with Crippen molar-refractivity contribution >= 4 is 41.3 Å². The number of hydrogen-bond acceptors (Lipinski definition) is 5. The number of aromatic nitrogens is 2. The number of nitrogens with one attached hydrogen (secondary N) is 2. The van der Waals surface area contributed by atoms with Crippen LogP contribution in [0.5, 0.6) is 5.75 Å². The molecule has 0 saturated carbocycles. The Morgan fingerprint density at radius 2 is 2.08 bits per heavy atom. The summed E-state index contributed by atoms with van der Waals surface area (Å²) in [7, 11) is 1.61. The van der Waals surface area contributed by atoms with Gasteiger partial charge in [0.2, 0.25) is 0 Å². The van der Waals surface area contributed by atoms with Crippen molar-refractivity contribution in [2.45, 2.75) is 12.6 Å². The number of ether oxygens (including phenoxy) is 1. The van der Waals surface area contributed by atoms with Gasteiger partial charge in [0.15, 0.2) is 11.7 Å². The number of alkyl halides is 3. The third-order valence-electron chi connectivity index (χ3n) is 2.99. The Balaban J connectivity index is 0.00000338. The molecule has 0 aliphatic rings. The lowest BCUT2D eigenvalue weighted by Gasteiger charge is -2.12. The van der Waals surface area contributed by atoms with Crippen LogP contribution in [-0.2, 0) is 12.6 Å². The zero-order valence-corrected chi connectivity index (χ0v) is 17.1. The molecule has 0 aliphatic carbocycles. The molecule has 0 radical (unpaired) electrons. The number of guanidine groups is 1. The molecule has 2 aromatic rings. The van der Waals surface area contributed by atoms with Crippen LogP contribution in [0.3, 0.4) is 0 Å². The summed E-state index contributed by atoms with van der Waals surface area (Å²) >= 11 is 0.997. The lowest BCUT2D eigenvalue weighted by atomic mass is 10.4. The number of halogens is 4. The van der Waals surface area contributed by atoms with E-state index in [4.69, 9.17) is 4.74 Å². The van der Waals surface area contributed by atoms with Crippen LogP contribution in [0, 0.1) is 0 Å². The van der Waals surface area contributed by atoms with Crippen molar-refractivity contribution in [2.24, 2.45) is 4.99 Å². The van der Waals surface area contributed by atoms with Gasteiger partial charge in [0.05, 0.1) is 17.7 Å². The van der Waals surface area contributed by atoms with Crippen LogP contribution in [0.4, 0.5) is 13.2 Å². The maximum Gasteiger partial charge on any atom is 0.434 e. The molecule has 0 fully saturated rings. The van der Waals surface area contributed by atoms with Crippen LogP contribution >= 0.6 is 35.3 Å². The van der Waals surface area contributed by atoms with Gasteiger partial charge in [-0.3, -0.25) is 9.98 Å². The van der Waals surface area contributed by atoms with Gasteiger partial charge in [0, 0.05) is 31.6 Å². The van der Waals surface area contributed by atoms with E-state index >= 15 is 0 Å². The summed E-state index contributed by atoms with van der Waals surface area (Å²) in [5, 5.41) is 7.52. The monoisotopic (exact) mass is 501 g/mol. The Morgan fingerprint density at radius 3 is 2.69 bits per heavy atom. The Labute approximate surface area is 170 Å². The highest BCUT2D eigenvalue weighted by Crippen LogP contribution is 2.29. The normalized spacial score (nSPS) is 11.6. The molecule has 0 unspecified atom stereocenters. The van der Waals surface area contributed by atoms with Gasteiger partial charge in [-0.2, -0.15) is 13.2 Å². The van der Waals surface area contributed by atoms with Gasteiger partial charge >= 0.3 is 6.18 Å². The van der Waals surface area contributed by atoms with Gasteiger partial charge in [-0.25, -0.2) is 4.98 Å². The molecule has 0 spiro atoms. The molecule has 6 nitrogen and oxygen atoms in total. The van der Waals surface area contributed by atoms with E-state index in [-0.39, 0.29) is 24.0 Å².